The lowest BCUT2D eigenvalue weighted by Crippen LogP contribution is -2.45. The molecule has 0 bridgehead atoms. The summed E-state index contributed by atoms with van der Waals surface area (Å²) in [6.07, 6.45) is 3.51. The lowest BCUT2D eigenvalue weighted by molar-refractivity contribution is -0.0909. The van der Waals surface area contributed by atoms with Gasteiger partial charge in [0.15, 0.2) is 0 Å². The zero-order chi connectivity index (χ0) is 16.1. The monoisotopic (exact) mass is 323 g/mol. The summed E-state index contributed by atoms with van der Waals surface area (Å²) in [6, 6.07) is 3.18. The maximum atomic E-state index is 11.8. The van der Waals surface area contributed by atoms with Crippen molar-refractivity contribution in [3.05, 3.63) is 28.7 Å². The Kier molecular flexibility index (Phi) is 5.42. The minimum Gasteiger partial charge on any atom is -0.383 e. The highest BCUT2D eigenvalue weighted by Crippen LogP contribution is 2.33. The van der Waals surface area contributed by atoms with Crippen molar-refractivity contribution < 1.29 is 14.2 Å². The first-order chi connectivity index (χ1) is 11.2. The maximum Gasteiger partial charge on any atom is 0.266 e. The van der Waals surface area contributed by atoms with Crippen molar-refractivity contribution in [2.24, 2.45) is 0 Å². The number of aromatic nitrogens is 2. The Morgan fingerprint density at radius 2 is 2.43 bits per heavy atom. The molecule has 2 aliphatic heterocycles. The smallest absolute Gasteiger partial charge is 0.266 e. The van der Waals surface area contributed by atoms with E-state index in [4.69, 9.17) is 14.2 Å². The van der Waals surface area contributed by atoms with E-state index in [0.29, 0.717) is 19.8 Å². The van der Waals surface area contributed by atoms with E-state index in [1.54, 1.807) is 19.4 Å². The number of hydrogen-bond acceptors (Lipinski definition) is 6. The fraction of sp³-hybridized carbons (Fsp3) is 0.750. The first-order valence-electron chi connectivity index (χ1n) is 8.20. The number of ether oxygens (including phenoxy) is 3. The highest BCUT2D eigenvalue weighted by molar-refractivity contribution is 4.94. The molecule has 2 atom stereocenters. The van der Waals surface area contributed by atoms with Gasteiger partial charge in [-0.1, -0.05) is 0 Å². The molecular formula is C16H25N3O4. The number of rotatable bonds is 5. The first-order valence-corrected chi connectivity index (χ1v) is 8.20. The van der Waals surface area contributed by atoms with Crippen LogP contribution in [0, 0.1) is 0 Å². The van der Waals surface area contributed by atoms with Gasteiger partial charge in [0, 0.05) is 39.0 Å². The highest BCUT2D eigenvalue weighted by Gasteiger charge is 2.43. The molecule has 0 amide bonds. The van der Waals surface area contributed by atoms with Gasteiger partial charge in [-0.05, 0) is 18.9 Å². The van der Waals surface area contributed by atoms with Gasteiger partial charge < -0.3 is 14.2 Å². The van der Waals surface area contributed by atoms with Gasteiger partial charge in [-0.3, -0.25) is 9.69 Å². The van der Waals surface area contributed by atoms with E-state index in [-0.39, 0.29) is 17.3 Å². The summed E-state index contributed by atoms with van der Waals surface area (Å²) in [6.45, 7) is 5.18. The van der Waals surface area contributed by atoms with Crippen molar-refractivity contribution in [3.63, 3.8) is 0 Å². The van der Waals surface area contributed by atoms with Crippen LogP contribution in [0.3, 0.4) is 0 Å². The predicted octanol–water partition coefficient (Wildman–Crippen LogP) is 0.140. The number of methoxy groups -OCH3 is 1. The Hall–Kier alpha value is -1.28. The summed E-state index contributed by atoms with van der Waals surface area (Å²) in [4.78, 5) is 14.1. The second-order valence-corrected chi connectivity index (χ2v) is 6.33. The van der Waals surface area contributed by atoms with Crippen LogP contribution in [0.25, 0.3) is 0 Å². The third kappa shape index (κ3) is 4.17. The van der Waals surface area contributed by atoms with Crippen LogP contribution >= 0.6 is 0 Å². The van der Waals surface area contributed by atoms with Crippen LogP contribution in [-0.4, -0.2) is 73.0 Å². The van der Waals surface area contributed by atoms with Crippen LogP contribution in [0.2, 0.25) is 0 Å². The Bertz CT molecular complexity index is 564. The van der Waals surface area contributed by atoms with Crippen LogP contribution in [0.5, 0.6) is 0 Å². The summed E-state index contributed by atoms with van der Waals surface area (Å²) in [5, 5.41) is 4.12. The molecule has 0 radical (unpaired) electrons. The van der Waals surface area contributed by atoms with E-state index in [1.807, 2.05) is 0 Å². The topological polar surface area (TPSA) is 65.8 Å². The average molecular weight is 323 g/mol. The van der Waals surface area contributed by atoms with Gasteiger partial charge in [-0.15, -0.1) is 0 Å². The molecule has 3 rings (SSSR count). The highest BCUT2D eigenvalue weighted by atomic mass is 16.6. The van der Waals surface area contributed by atoms with Gasteiger partial charge in [-0.2, -0.15) is 5.10 Å². The van der Waals surface area contributed by atoms with E-state index in [9.17, 15) is 4.79 Å². The van der Waals surface area contributed by atoms with Crippen LogP contribution in [0.15, 0.2) is 23.1 Å². The summed E-state index contributed by atoms with van der Waals surface area (Å²) >= 11 is 0. The molecule has 2 aliphatic rings. The quantitative estimate of drug-likeness (QED) is 0.768. The molecule has 128 valence electrons. The molecule has 0 N–H and O–H groups in total. The largest absolute Gasteiger partial charge is 0.383 e. The normalized spacial score (nSPS) is 29.0. The second kappa shape index (κ2) is 7.53. The van der Waals surface area contributed by atoms with Crippen molar-refractivity contribution in [2.45, 2.75) is 31.1 Å². The molecule has 2 saturated heterocycles. The van der Waals surface area contributed by atoms with Gasteiger partial charge in [0.25, 0.3) is 5.56 Å². The maximum absolute atomic E-state index is 11.8. The van der Waals surface area contributed by atoms with Crippen molar-refractivity contribution in [3.8, 4) is 0 Å². The average Bonchev–Trinajstić information content (AvgIpc) is 2.82. The van der Waals surface area contributed by atoms with Gasteiger partial charge in [0.2, 0.25) is 0 Å². The van der Waals surface area contributed by atoms with Crippen LogP contribution < -0.4 is 5.56 Å². The lowest BCUT2D eigenvalue weighted by Gasteiger charge is -2.31. The first kappa shape index (κ1) is 16.6. The molecule has 1 aromatic rings. The van der Waals surface area contributed by atoms with E-state index in [1.165, 1.54) is 10.7 Å². The Morgan fingerprint density at radius 3 is 3.26 bits per heavy atom. The fourth-order valence-electron chi connectivity index (χ4n) is 3.36. The third-order valence-corrected chi connectivity index (χ3v) is 4.54. The Labute approximate surface area is 136 Å². The molecule has 7 nitrogen and oxygen atoms in total. The molecule has 1 aromatic heterocycles. The van der Waals surface area contributed by atoms with Crippen LogP contribution in [-0.2, 0) is 20.8 Å². The van der Waals surface area contributed by atoms with Crippen LogP contribution in [0.1, 0.15) is 12.8 Å². The van der Waals surface area contributed by atoms with Crippen molar-refractivity contribution in [1.82, 2.24) is 14.7 Å². The molecule has 0 aliphatic carbocycles. The van der Waals surface area contributed by atoms with Gasteiger partial charge in [0.1, 0.15) is 5.60 Å². The minimum absolute atomic E-state index is 0.00794. The van der Waals surface area contributed by atoms with E-state index in [0.717, 1.165) is 39.1 Å². The summed E-state index contributed by atoms with van der Waals surface area (Å²) in [5.41, 5.74) is -0.358. The summed E-state index contributed by atoms with van der Waals surface area (Å²) < 4.78 is 18.8. The third-order valence-electron chi connectivity index (χ3n) is 4.54. The zero-order valence-corrected chi connectivity index (χ0v) is 13.6. The predicted molar refractivity (Wildman–Crippen MR) is 84.5 cm³/mol. The molecule has 0 aromatic carbocycles. The van der Waals surface area contributed by atoms with Gasteiger partial charge >= 0.3 is 0 Å². The molecule has 1 spiro atoms. The SMILES string of the molecule is COCCN1CCOCC2(CCC(Cn3ncccc3=O)O2)C1. The molecule has 2 fully saturated rings. The Balaban J connectivity index is 1.62. The van der Waals surface area contributed by atoms with Crippen LogP contribution in [0.4, 0.5) is 0 Å². The molecular weight excluding hydrogens is 298 g/mol. The standard InChI is InChI=1S/C16H25N3O4/c1-21-9-7-18-8-10-22-13-16(12-18)5-4-14(23-16)11-19-15(20)3-2-6-17-19/h2-3,6,14H,4-5,7-13H2,1H3. The van der Waals surface area contributed by atoms with Gasteiger partial charge in [-0.25, -0.2) is 4.68 Å². The minimum atomic E-state index is -0.271. The molecule has 7 heteroatoms. The Morgan fingerprint density at radius 1 is 1.52 bits per heavy atom. The summed E-state index contributed by atoms with van der Waals surface area (Å²) in [7, 11) is 1.72. The molecule has 2 unspecified atom stereocenters. The van der Waals surface area contributed by atoms with E-state index >= 15 is 0 Å². The lowest BCUT2D eigenvalue weighted by atomic mass is 10.00. The molecule has 23 heavy (non-hydrogen) atoms. The van der Waals surface area contributed by atoms with Crippen molar-refractivity contribution in [2.75, 3.05) is 46.6 Å². The molecule has 3 heterocycles. The summed E-state index contributed by atoms with van der Waals surface area (Å²) in [5.74, 6) is 0. The van der Waals surface area contributed by atoms with E-state index < -0.39 is 0 Å². The van der Waals surface area contributed by atoms with Crippen molar-refractivity contribution in [1.29, 1.82) is 0 Å². The van der Waals surface area contributed by atoms with E-state index in [2.05, 4.69) is 10.00 Å². The number of nitrogens with zero attached hydrogens (tertiary/aromatic N) is 3. The number of hydrogen-bond donors (Lipinski definition) is 0. The second-order valence-electron chi connectivity index (χ2n) is 6.33. The van der Waals surface area contributed by atoms with Crippen molar-refractivity contribution >= 4 is 0 Å². The molecule has 0 saturated carbocycles. The zero-order valence-electron chi connectivity index (χ0n) is 13.6. The van der Waals surface area contributed by atoms with Gasteiger partial charge in [0.05, 0.1) is 32.5 Å². The fourth-order valence-corrected chi connectivity index (χ4v) is 3.36.